The number of nitrogens with one attached hydrogen (secondary N) is 1. The monoisotopic (exact) mass is 467 g/mol. The summed E-state index contributed by atoms with van der Waals surface area (Å²) >= 11 is 0. The number of amides is 2. The molecular formula is C29H29N3O3. The molecule has 178 valence electrons. The topological polar surface area (TPSA) is 65.6 Å². The number of hydrogen-bond donors (Lipinski definition) is 1. The predicted molar refractivity (Wildman–Crippen MR) is 139 cm³/mol. The summed E-state index contributed by atoms with van der Waals surface area (Å²) < 4.78 is 5.23. The van der Waals surface area contributed by atoms with Crippen LogP contribution in [0.4, 0.5) is 11.4 Å². The third-order valence-corrected chi connectivity index (χ3v) is 6.89. The lowest BCUT2D eigenvalue weighted by atomic mass is 9.84. The van der Waals surface area contributed by atoms with Crippen molar-refractivity contribution in [1.29, 1.82) is 0 Å². The highest BCUT2D eigenvalue weighted by molar-refractivity contribution is 6.10. The van der Waals surface area contributed by atoms with Crippen LogP contribution in [0, 0.1) is 0 Å². The standard InChI is InChI=1S/C29H29N3O3/c1-4-31(26-11-7-9-25-23(26)16-17-30-25)29(34)24-18-19(2)32(27-10-6-5-8-22(24)27)28(33)20-12-14-21(35-3)15-13-20/h5-17,19,24,30H,4,18H2,1-3H3/t19-,24-/m0/s1. The van der Waals surface area contributed by atoms with Crippen molar-refractivity contribution in [2.45, 2.75) is 32.2 Å². The molecule has 0 unspecified atom stereocenters. The second-order valence-electron chi connectivity index (χ2n) is 8.90. The van der Waals surface area contributed by atoms with Crippen molar-refractivity contribution in [3.05, 3.63) is 90.1 Å². The van der Waals surface area contributed by atoms with Crippen molar-refractivity contribution < 1.29 is 14.3 Å². The van der Waals surface area contributed by atoms with Crippen molar-refractivity contribution in [1.82, 2.24) is 4.98 Å². The molecule has 0 bridgehead atoms. The lowest BCUT2D eigenvalue weighted by molar-refractivity contribution is -0.120. The first-order valence-electron chi connectivity index (χ1n) is 12.0. The van der Waals surface area contributed by atoms with E-state index < -0.39 is 0 Å². The summed E-state index contributed by atoms with van der Waals surface area (Å²) in [6.07, 6.45) is 2.45. The Morgan fingerprint density at radius 3 is 2.54 bits per heavy atom. The van der Waals surface area contributed by atoms with Crippen LogP contribution in [-0.2, 0) is 4.79 Å². The number of carbonyl (C=O) groups excluding carboxylic acids is 2. The number of anilines is 2. The van der Waals surface area contributed by atoms with Gasteiger partial charge in [0.15, 0.2) is 0 Å². The molecule has 1 aromatic heterocycles. The van der Waals surface area contributed by atoms with Gasteiger partial charge in [0.05, 0.1) is 18.7 Å². The first-order valence-corrected chi connectivity index (χ1v) is 12.0. The third-order valence-electron chi connectivity index (χ3n) is 6.89. The van der Waals surface area contributed by atoms with Crippen molar-refractivity contribution in [2.24, 2.45) is 0 Å². The molecule has 4 aromatic rings. The molecule has 1 aliphatic rings. The van der Waals surface area contributed by atoms with Gasteiger partial charge in [0.1, 0.15) is 5.75 Å². The van der Waals surface area contributed by atoms with Crippen LogP contribution in [0.2, 0.25) is 0 Å². The van der Waals surface area contributed by atoms with Crippen LogP contribution in [0.25, 0.3) is 10.9 Å². The molecule has 3 aromatic carbocycles. The molecule has 0 radical (unpaired) electrons. The van der Waals surface area contributed by atoms with E-state index in [9.17, 15) is 9.59 Å². The van der Waals surface area contributed by atoms with Gasteiger partial charge < -0.3 is 19.5 Å². The highest BCUT2D eigenvalue weighted by atomic mass is 16.5. The molecule has 0 saturated heterocycles. The van der Waals surface area contributed by atoms with E-state index in [0.29, 0.717) is 24.3 Å². The van der Waals surface area contributed by atoms with Crippen LogP contribution in [0.5, 0.6) is 5.75 Å². The lowest BCUT2D eigenvalue weighted by Crippen LogP contribution is -2.46. The smallest absolute Gasteiger partial charge is 0.258 e. The quantitative estimate of drug-likeness (QED) is 0.406. The van der Waals surface area contributed by atoms with Gasteiger partial charge in [-0.05, 0) is 74.4 Å². The van der Waals surface area contributed by atoms with E-state index in [-0.39, 0.29) is 23.8 Å². The van der Waals surface area contributed by atoms with Crippen molar-refractivity contribution in [3.8, 4) is 5.75 Å². The van der Waals surface area contributed by atoms with Crippen LogP contribution in [0.15, 0.2) is 79.0 Å². The third kappa shape index (κ3) is 3.95. The Morgan fingerprint density at radius 2 is 1.80 bits per heavy atom. The Morgan fingerprint density at radius 1 is 1.03 bits per heavy atom. The van der Waals surface area contributed by atoms with Gasteiger partial charge in [0.2, 0.25) is 5.91 Å². The summed E-state index contributed by atoms with van der Waals surface area (Å²) in [5.41, 5.74) is 4.17. The lowest BCUT2D eigenvalue weighted by Gasteiger charge is -2.40. The first kappa shape index (κ1) is 22.7. The summed E-state index contributed by atoms with van der Waals surface area (Å²) in [6, 6.07) is 22.8. The van der Waals surface area contributed by atoms with Crippen molar-refractivity contribution in [2.75, 3.05) is 23.5 Å². The number of aromatic nitrogens is 1. The maximum Gasteiger partial charge on any atom is 0.258 e. The minimum Gasteiger partial charge on any atom is -0.497 e. The van der Waals surface area contributed by atoms with Crippen LogP contribution < -0.4 is 14.5 Å². The van der Waals surface area contributed by atoms with Gasteiger partial charge >= 0.3 is 0 Å². The molecule has 6 nitrogen and oxygen atoms in total. The average molecular weight is 468 g/mol. The maximum atomic E-state index is 14.0. The van der Waals surface area contributed by atoms with Gasteiger partial charge in [-0.15, -0.1) is 0 Å². The molecule has 35 heavy (non-hydrogen) atoms. The Bertz CT molecular complexity index is 1380. The molecule has 0 fully saturated rings. The van der Waals surface area contributed by atoms with E-state index in [1.807, 2.05) is 78.4 Å². The number of nitrogens with zero attached hydrogens (tertiary/aromatic N) is 2. The number of benzene rings is 3. The molecule has 1 aliphatic heterocycles. The van der Waals surface area contributed by atoms with Gasteiger partial charge in [-0.1, -0.05) is 24.3 Å². The Hall–Kier alpha value is -4.06. The normalized spacial score (nSPS) is 17.2. The molecule has 5 rings (SSSR count). The van der Waals surface area contributed by atoms with Gasteiger partial charge in [-0.3, -0.25) is 9.59 Å². The Balaban J connectivity index is 1.51. The number of ether oxygens (including phenoxy) is 1. The van der Waals surface area contributed by atoms with Crippen molar-refractivity contribution >= 4 is 34.1 Å². The second-order valence-corrected chi connectivity index (χ2v) is 8.90. The number of likely N-dealkylation sites (N-methyl/N-ethyl adjacent to an activating group) is 1. The highest BCUT2D eigenvalue weighted by Crippen LogP contribution is 2.41. The second kappa shape index (κ2) is 9.29. The van der Waals surface area contributed by atoms with Gasteiger partial charge in [0.25, 0.3) is 5.91 Å². The molecule has 2 atom stereocenters. The van der Waals surface area contributed by atoms with E-state index in [1.165, 1.54) is 0 Å². The fourth-order valence-electron chi connectivity index (χ4n) is 5.17. The highest BCUT2D eigenvalue weighted by Gasteiger charge is 2.39. The van der Waals surface area contributed by atoms with Gasteiger partial charge in [0, 0.05) is 40.9 Å². The van der Waals surface area contributed by atoms with Crippen LogP contribution in [-0.4, -0.2) is 36.5 Å². The van der Waals surface area contributed by atoms with Crippen LogP contribution >= 0.6 is 0 Å². The van der Waals surface area contributed by atoms with Crippen molar-refractivity contribution in [3.63, 3.8) is 0 Å². The zero-order chi connectivity index (χ0) is 24.5. The summed E-state index contributed by atoms with van der Waals surface area (Å²) in [5, 5.41) is 1.02. The zero-order valence-electron chi connectivity index (χ0n) is 20.2. The fraction of sp³-hybridized carbons (Fsp3) is 0.241. The Labute approximate surface area is 205 Å². The zero-order valence-corrected chi connectivity index (χ0v) is 20.2. The van der Waals surface area contributed by atoms with E-state index in [1.54, 1.807) is 31.4 Å². The number of aromatic amines is 1. The molecule has 0 aliphatic carbocycles. The number of fused-ring (bicyclic) bond motifs is 2. The van der Waals surface area contributed by atoms with Crippen LogP contribution in [0.3, 0.4) is 0 Å². The number of para-hydroxylation sites is 1. The van der Waals surface area contributed by atoms with E-state index in [2.05, 4.69) is 4.98 Å². The number of methoxy groups -OCH3 is 1. The summed E-state index contributed by atoms with van der Waals surface area (Å²) in [6.45, 7) is 4.58. The summed E-state index contributed by atoms with van der Waals surface area (Å²) in [5.74, 6) is 0.339. The molecule has 6 heteroatoms. The number of carbonyl (C=O) groups is 2. The SMILES string of the molecule is CCN(C(=O)[C@H]1C[C@H](C)N(C(=O)c2ccc(OC)cc2)c2ccccc21)c1cccc2[nH]ccc12. The molecule has 1 N–H and O–H groups in total. The van der Waals surface area contributed by atoms with Gasteiger partial charge in [-0.2, -0.15) is 0 Å². The molecule has 0 saturated carbocycles. The molecule has 2 heterocycles. The maximum absolute atomic E-state index is 14.0. The summed E-state index contributed by atoms with van der Waals surface area (Å²) in [7, 11) is 1.60. The van der Waals surface area contributed by atoms with Crippen LogP contribution in [0.1, 0.15) is 42.1 Å². The molecule has 0 spiro atoms. The first-order chi connectivity index (χ1) is 17.0. The molecular weight excluding hydrogens is 438 g/mol. The fourth-order valence-corrected chi connectivity index (χ4v) is 5.17. The van der Waals surface area contributed by atoms with E-state index in [4.69, 9.17) is 4.74 Å². The van der Waals surface area contributed by atoms with E-state index in [0.717, 1.165) is 27.8 Å². The predicted octanol–water partition coefficient (Wildman–Crippen LogP) is 5.75. The minimum atomic E-state index is -0.338. The minimum absolute atomic E-state index is 0.0528. The number of rotatable bonds is 5. The average Bonchev–Trinajstić information content (AvgIpc) is 3.38. The molecule has 2 amide bonds. The summed E-state index contributed by atoms with van der Waals surface area (Å²) in [4.78, 5) is 34.5. The largest absolute Gasteiger partial charge is 0.497 e. The number of hydrogen-bond acceptors (Lipinski definition) is 3. The Kier molecular flexibility index (Phi) is 6.03. The van der Waals surface area contributed by atoms with Gasteiger partial charge in [-0.25, -0.2) is 0 Å². The van der Waals surface area contributed by atoms with E-state index >= 15 is 0 Å². The number of H-pyrrole nitrogens is 1.